The Hall–Kier alpha value is -2.78. The Labute approximate surface area is 157 Å². The molecule has 2 amide bonds. The number of aromatic nitrogens is 6. The lowest BCUT2D eigenvalue weighted by Gasteiger charge is -2.22. The third-order valence-corrected chi connectivity index (χ3v) is 4.86. The van der Waals surface area contributed by atoms with Crippen molar-refractivity contribution in [1.82, 2.24) is 40.2 Å². The highest BCUT2D eigenvalue weighted by Crippen LogP contribution is 2.10. The van der Waals surface area contributed by atoms with Gasteiger partial charge in [-0.15, -0.1) is 5.10 Å². The number of aryl methyl sites for hydroxylation is 3. The third-order valence-electron chi connectivity index (χ3n) is 4.86. The van der Waals surface area contributed by atoms with E-state index in [0.29, 0.717) is 51.4 Å². The molecule has 0 aliphatic carbocycles. The zero-order valence-corrected chi connectivity index (χ0v) is 15.7. The molecule has 10 heteroatoms. The van der Waals surface area contributed by atoms with Crippen molar-refractivity contribution >= 4 is 11.8 Å². The Morgan fingerprint density at radius 3 is 2.48 bits per heavy atom. The van der Waals surface area contributed by atoms with Crippen LogP contribution >= 0.6 is 0 Å². The first-order chi connectivity index (χ1) is 13.1. The average Bonchev–Trinajstić information content (AvgIpc) is 3.25. The molecule has 1 aliphatic heterocycles. The standard InChI is InChI=1S/C17H26N8O2/c1-14-20-21-22-25(14)9-6-17(27)24-8-3-7-23(10-11-24)16(26)5-2-4-15-12-18-19-13-15/h12-13H,2-11H2,1H3,(H,18,19). The monoisotopic (exact) mass is 374 g/mol. The molecular weight excluding hydrogens is 348 g/mol. The quantitative estimate of drug-likeness (QED) is 0.740. The minimum atomic E-state index is 0.0826. The lowest BCUT2D eigenvalue weighted by Crippen LogP contribution is -2.37. The molecule has 0 unspecified atom stereocenters. The van der Waals surface area contributed by atoms with Gasteiger partial charge in [-0.2, -0.15) is 5.10 Å². The van der Waals surface area contributed by atoms with Crippen molar-refractivity contribution in [2.24, 2.45) is 0 Å². The van der Waals surface area contributed by atoms with Crippen molar-refractivity contribution in [2.45, 2.75) is 45.6 Å². The van der Waals surface area contributed by atoms with Crippen LogP contribution in [0, 0.1) is 6.92 Å². The maximum Gasteiger partial charge on any atom is 0.224 e. The molecule has 146 valence electrons. The van der Waals surface area contributed by atoms with E-state index in [1.165, 1.54) is 0 Å². The van der Waals surface area contributed by atoms with E-state index in [1.807, 2.05) is 22.9 Å². The second-order valence-electron chi connectivity index (χ2n) is 6.77. The molecule has 10 nitrogen and oxygen atoms in total. The molecule has 0 aromatic carbocycles. The molecule has 1 saturated heterocycles. The normalized spacial score (nSPS) is 15.0. The molecule has 0 saturated carbocycles. The van der Waals surface area contributed by atoms with Gasteiger partial charge in [-0.3, -0.25) is 14.7 Å². The third kappa shape index (κ3) is 5.35. The summed E-state index contributed by atoms with van der Waals surface area (Å²) in [7, 11) is 0. The summed E-state index contributed by atoms with van der Waals surface area (Å²) in [4.78, 5) is 28.6. The summed E-state index contributed by atoms with van der Waals surface area (Å²) in [6.45, 7) is 4.87. The van der Waals surface area contributed by atoms with Crippen LogP contribution in [0.1, 0.15) is 37.1 Å². The molecule has 0 bridgehead atoms. The van der Waals surface area contributed by atoms with Gasteiger partial charge in [0.25, 0.3) is 0 Å². The first-order valence-electron chi connectivity index (χ1n) is 9.39. The fourth-order valence-corrected chi connectivity index (χ4v) is 3.25. The second kappa shape index (κ2) is 9.24. The summed E-state index contributed by atoms with van der Waals surface area (Å²) in [5.74, 6) is 0.946. The smallest absolute Gasteiger partial charge is 0.224 e. The Morgan fingerprint density at radius 1 is 1.11 bits per heavy atom. The summed E-state index contributed by atoms with van der Waals surface area (Å²) in [6, 6.07) is 0. The van der Waals surface area contributed by atoms with Crippen LogP contribution in [0.2, 0.25) is 0 Å². The molecule has 3 rings (SSSR count). The van der Waals surface area contributed by atoms with E-state index in [-0.39, 0.29) is 11.8 Å². The van der Waals surface area contributed by atoms with E-state index >= 15 is 0 Å². The van der Waals surface area contributed by atoms with Gasteiger partial charge in [-0.1, -0.05) is 0 Å². The highest BCUT2D eigenvalue weighted by atomic mass is 16.2. The number of nitrogens with one attached hydrogen (secondary N) is 1. The van der Waals surface area contributed by atoms with Gasteiger partial charge in [-0.05, 0) is 42.2 Å². The highest BCUT2D eigenvalue weighted by molar-refractivity contribution is 5.77. The first kappa shape index (κ1) is 19.0. The fourth-order valence-electron chi connectivity index (χ4n) is 3.25. The van der Waals surface area contributed by atoms with Crippen molar-refractivity contribution in [1.29, 1.82) is 0 Å². The fraction of sp³-hybridized carbons (Fsp3) is 0.647. The number of tetrazole rings is 1. The molecule has 0 radical (unpaired) electrons. The number of carbonyl (C=O) groups excluding carboxylic acids is 2. The molecule has 27 heavy (non-hydrogen) atoms. The molecular formula is C17H26N8O2. The van der Waals surface area contributed by atoms with Gasteiger partial charge in [0.15, 0.2) is 0 Å². The number of hydrogen-bond donors (Lipinski definition) is 1. The number of nitrogens with zero attached hydrogens (tertiary/aromatic N) is 7. The van der Waals surface area contributed by atoms with Gasteiger partial charge in [-0.25, -0.2) is 4.68 Å². The van der Waals surface area contributed by atoms with Gasteiger partial charge in [0.1, 0.15) is 5.82 Å². The summed E-state index contributed by atoms with van der Waals surface area (Å²) in [5.41, 5.74) is 1.12. The van der Waals surface area contributed by atoms with E-state index in [9.17, 15) is 9.59 Å². The molecule has 2 aromatic rings. The zero-order chi connectivity index (χ0) is 19.1. The first-order valence-corrected chi connectivity index (χ1v) is 9.39. The van der Waals surface area contributed by atoms with Crippen LogP contribution in [-0.4, -0.2) is 78.2 Å². The molecule has 1 N–H and O–H groups in total. The minimum absolute atomic E-state index is 0.0826. The van der Waals surface area contributed by atoms with Gasteiger partial charge >= 0.3 is 0 Å². The van der Waals surface area contributed by atoms with Crippen LogP contribution in [0.3, 0.4) is 0 Å². The summed E-state index contributed by atoms with van der Waals surface area (Å²) in [6.07, 6.45) is 7.00. The van der Waals surface area contributed by atoms with Crippen LogP contribution in [-0.2, 0) is 22.6 Å². The summed E-state index contributed by atoms with van der Waals surface area (Å²) >= 11 is 0. The lowest BCUT2D eigenvalue weighted by atomic mass is 10.1. The van der Waals surface area contributed by atoms with E-state index in [1.54, 1.807) is 10.9 Å². The lowest BCUT2D eigenvalue weighted by molar-refractivity contribution is -0.133. The number of H-pyrrole nitrogens is 1. The predicted molar refractivity (Wildman–Crippen MR) is 96.5 cm³/mol. The van der Waals surface area contributed by atoms with Crippen molar-refractivity contribution in [3.8, 4) is 0 Å². The number of hydrogen-bond acceptors (Lipinski definition) is 6. The SMILES string of the molecule is Cc1nnnn1CCC(=O)N1CCCN(C(=O)CCCc2cn[nH]c2)CC1. The van der Waals surface area contributed by atoms with E-state index in [2.05, 4.69) is 25.7 Å². The van der Waals surface area contributed by atoms with E-state index in [0.717, 1.165) is 24.8 Å². The molecule has 0 atom stereocenters. The number of amides is 2. The molecule has 1 fully saturated rings. The van der Waals surface area contributed by atoms with Crippen LogP contribution in [0.25, 0.3) is 0 Å². The Balaban J connectivity index is 1.40. The Morgan fingerprint density at radius 2 is 1.85 bits per heavy atom. The summed E-state index contributed by atoms with van der Waals surface area (Å²) < 4.78 is 1.63. The van der Waals surface area contributed by atoms with Crippen molar-refractivity contribution in [3.05, 3.63) is 23.8 Å². The molecule has 1 aliphatic rings. The van der Waals surface area contributed by atoms with Crippen molar-refractivity contribution < 1.29 is 9.59 Å². The molecule has 2 aromatic heterocycles. The zero-order valence-electron chi connectivity index (χ0n) is 15.7. The maximum absolute atomic E-state index is 12.5. The number of rotatable bonds is 7. The van der Waals surface area contributed by atoms with E-state index < -0.39 is 0 Å². The highest BCUT2D eigenvalue weighted by Gasteiger charge is 2.21. The Kier molecular flexibility index (Phi) is 6.50. The average molecular weight is 374 g/mol. The predicted octanol–water partition coefficient (Wildman–Crippen LogP) is 0.179. The second-order valence-corrected chi connectivity index (χ2v) is 6.77. The van der Waals surface area contributed by atoms with Gasteiger partial charge in [0, 0.05) is 45.2 Å². The maximum atomic E-state index is 12.5. The van der Waals surface area contributed by atoms with Crippen molar-refractivity contribution in [3.63, 3.8) is 0 Å². The van der Waals surface area contributed by atoms with Crippen LogP contribution < -0.4 is 0 Å². The van der Waals surface area contributed by atoms with Gasteiger partial charge in [0.2, 0.25) is 11.8 Å². The van der Waals surface area contributed by atoms with Gasteiger partial charge < -0.3 is 9.80 Å². The number of aromatic amines is 1. The van der Waals surface area contributed by atoms with Crippen LogP contribution in [0.4, 0.5) is 0 Å². The molecule has 3 heterocycles. The largest absolute Gasteiger partial charge is 0.341 e. The summed E-state index contributed by atoms with van der Waals surface area (Å²) in [5, 5.41) is 18.0. The van der Waals surface area contributed by atoms with Crippen LogP contribution in [0.15, 0.2) is 12.4 Å². The molecule has 0 spiro atoms. The van der Waals surface area contributed by atoms with E-state index in [4.69, 9.17) is 0 Å². The van der Waals surface area contributed by atoms with Crippen LogP contribution in [0.5, 0.6) is 0 Å². The van der Waals surface area contributed by atoms with Gasteiger partial charge in [0.05, 0.1) is 12.7 Å². The van der Waals surface area contributed by atoms with Crippen molar-refractivity contribution in [2.75, 3.05) is 26.2 Å². The number of carbonyl (C=O) groups is 2. The topological polar surface area (TPSA) is 113 Å². The minimum Gasteiger partial charge on any atom is -0.341 e. The Bertz CT molecular complexity index is 742.